The molecule has 0 fully saturated rings. The van der Waals surface area contributed by atoms with Crippen LogP contribution in [-0.4, -0.2) is 38.8 Å². The van der Waals surface area contributed by atoms with Crippen LogP contribution < -0.4 is 16.2 Å². The van der Waals surface area contributed by atoms with Crippen LogP contribution in [0.4, 0.5) is 11.4 Å². The molecule has 0 saturated carbocycles. The van der Waals surface area contributed by atoms with Crippen LogP contribution in [0.1, 0.15) is 15.9 Å². The molecule has 0 atom stereocenters. The smallest absolute Gasteiger partial charge is 0.337 e. The first-order valence-electron chi connectivity index (χ1n) is 5.61. The van der Waals surface area contributed by atoms with Gasteiger partial charge in [0.1, 0.15) is 0 Å². The summed E-state index contributed by atoms with van der Waals surface area (Å²) in [6.45, 7) is -0.532. The number of nitrogens with zero attached hydrogens (tertiary/aromatic N) is 1. The van der Waals surface area contributed by atoms with Gasteiger partial charge in [0.05, 0.1) is 36.9 Å². The lowest BCUT2D eigenvalue weighted by Crippen LogP contribution is -2.22. The maximum atomic E-state index is 11.6. The highest BCUT2D eigenvalue weighted by atomic mass is 35.5. The Labute approximate surface area is 133 Å². The van der Waals surface area contributed by atoms with Crippen molar-refractivity contribution >= 4 is 45.7 Å². The third-order valence-corrected chi connectivity index (χ3v) is 2.90. The van der Waals surface area contributed by atoms with Gasteiger partial charge in [-0.05, 0) is 12.1 Å². The van der Waals surface area contributed by atoms with Gasteiger partial charge in [-0.15, -0.1) is 12.4 Å². The quantitative estimate of drug-likeness (QED) is 0.320. The van der Waals surface area contributed by atoms with E-state index >= 15 is 0 Å². The number of aliphatic hydroxyl groups excluding tert-OH is 1. The van der Waals surface area contributed by atoms with Crippen molar-refractivity contribution in [2.24, 2.45) is 16.5 Å². The Kier molecular flexibility index (Phi) is 7.10. The lowest BCUT2D eigenvalue weighted by atomic mass is 10.1. The monoisotopic (exact) mass is 352 g/mol. The molecule has 0 spiro atoms. The van der Waals surface area contributed by atoms with Crippen molar-refractivity contribution in [3.63, 3.8) is 0 Å². The fraction of sp³-hybridized carbons (Fsp3) is 0.273. The molecule has 22 heavy (non-hydrogen) atoms. The summed E-state index contributed by atoms with van der Waals surface area (Å²) in [6, 6.07) is 2.53. The van der Waals surface area contributed by atoms with Crippen LogP contribution >= 0.6 is 12.4 Å². The molecule has 0 bridgehead atoms. The van der Waals surface area contributed by atoms with Crippen molar-refractivity contribution in [3.8, 4) is 0 Å². The SMILES string of the molecule is COC(=O)c1cc(CO)c(NS(C)(=O)=O)c(N=C(N)N)c1.Cl. The molecule has 0 amide bonds. The summed E-state index contributed by atoms with van der Waals surface area (Å²) in [7, 11) is -2.45. The molecule has 0 saturated heterocycles. The number of nitrogens with one attached hydrogen (secondary N) is 1. The van der Waals surface area contributed by atoms with Crippen molar-refractivity contribution in [3.05, 3.63) is 23.3 Å². The van der Waals surface area contributed by atoms with E-state index in [9.17, 15) is 18.3 Å². The van der Waals surface area contributed by atoms with Crippen molar-refractivity contribution in [1.82, 2.24) is 0 Å². The number of hydrogen-bond donors (Lipinski definition) is 4. The number of hydrogen-bond acceptors (Lipinski definition) is 6. The van der Waals surface area contributed by atoms with Gasteiger partial charge in [0, 0.05) is 5.56 Å². The number of aliphatic imine (C=N–C) groups is 1. The summed E-state index contributed by atoms with van der Waals surface area (Å²) in [4.78, 5) is 15.3. The topological polar surface area (TPSA) is 157 Å². The minimum Gasteiger partial charge on any atom is -0.465 e. The van der Waals surface area contributed by atoms with Gasteiger partial charge in [0.25, 0.3) is 0 Å². The number of esters is 1. The first-order chi connectivity index (χ1) is 9.67. The summed E-state index contributed by atoms with van der Waals surface area (Å²) in [5.41, 5.74) is 10.7. The summed E-state index contributed by atoms with van der Waals surface area (Å²) < 4.78 is 29.5. The van der Waals surface area contributed by atoms with Crippen molar-refractivity contribution in [2.45, 2.75) is 6.61 Å². The minimum absolute atomic E-state index is 0. The van der Waals surface area contributed by atoms with Crippen LogP contribution in [0.5, 0.6) is 0 Å². The molecule has 1 aromatic carbocycles. The molecule has 124 valence electrons. The van der Waals surface area contributed by atoms with Crippen LogP contribution in [0.2, 0.25) is 0 Å². The number of guanidine groups is 1. The van der Waals surface area contributed by atoms with E-state index in [1.54, 1.807) is 0 Å². The zero-order chi connectivity index (χ0) is 16.2. The molecule has 0 aliphatic heterocycles. The first-order valence-corrected chi connectivity index (χ1v) is 7.50. The van der Waals surface area contributed by atoms with Gasteiger partial charge in [-0.25, -0.2) is 18.2 Å². The fourth-order valence-electron chi connectivity index (χ4n) is 1.58. The molecular formula is C11H17ClN4O5S. The Morgan fingerprint density at radius 1 is 1.41 bits per heavy atom. The van der Waals surface area contributed by atoms with Crippen LogP contribution in [0.3, 0.4) is 0 Å². The second kappa shape index (κ2) is 7.82. The average molecular weight is 353 g/mol. The van der Waals surface area contributed by atoms with Crippen molar-refractivity contribution in [1.29, 1.82) is 0 Å². The zero-order valence-electron chi connectivity index (χ0n) is 11.9. The third kappa shape index (κ3) is 5.39. The number of carbonyl (C=O) groups is 1. The highest BCUT2D eigenvalue weighted by molar-refractivity contribution is 7.92. The van der Waals surface area contributed by atoms with E-state index in [1.165, 1.54) is 19.2 Å². The van der Waals surface area contributed by atoms with E-state index in [2.05, 4.69) is 14.5 Å². The second-order valence-corrected chi connectivity index (χ2v) is 5.84. The van der Waals surface area contributed by atoms with Crippen molar-refractivity contribution < 1.29 is 23.1 Å². The number of anilines is 1. The largest absolute Gasteiger partial charge is 0.465 e. The summed E-state index contributed by atoms with van der Waals surface area (Å²) in [6.07, 6.45) is 0.932. The average Bonchev–Trinajstić information content (AvgIpc) is 2.37. The number of aliphatic hydroxyl groups is 1. The molecule has 0 radical (unpaired) electrons. The van der Waals surface area contributed by atoms with Gasteiger partial charge in [-0.2, -0.15) is 0 Å². The number of halogens is 1. The van der Waals surface area contributed by atoms with Gasteiger partial charge in [0.2, 0.25) is 10.0 Å². The zero-order valence-corrected chi connectivity index (χ0v) is 13.5. The van der Waals surface area contributed by atoms with E-state index < -0.39 is 22.6 Å². The summed E-state index contributed by atoms with van der Waals surface area (Å²) in [5, 5.41) is 9.35. The molecule has 11 heteroatoms. The fourth-order valence-corrected chi connectivity index (χ4v) is 2.18. The van der Waals surface area contributed by atoms with E-state index in [0.717, 1.165) is 6.26 Å². The van der Waals surface area contributed by atoms with Gasteiger partial charge >= 0.3 is 5.97 Å². The third-order valence-electron chi connectivity index (χ3n) is 2.33. The maximum absolute atomic E-state index is 11.6. The molecule has 0 aliphatic carbocycles. The number of rotatable bonds is 5. The number of carbonyl (C=O) groups excluding carboxylic acids is 1. The Balaban J connectivity index is 0.00000441. The van der Waals surface area contributed by atoms with Gasteiger partial charge in [-0.1, -0.05) is 0 Å². The van der Waals surface area contributed by atoms with Crippen molar-refractivity contribution in [2.75, 3.05) is 18.1 Å². The Hall–Kier alpha value is -2.04. The van der Waals surface area contributed by atoms with Gasteiger partial charge in [-0.3, -0.25) is 4.72 Å². The number of ether oxygens (including phenoxy) is 1. The van der Waals surface area contributed by atoms with Crippen LogP contribution in [0.25, 0.3) is 0 Å². The standard InChI is InChI=1S/C11H16N4O5S.ClH/c1-20-10(17)6-3-7(5-16)9(15-21(2,18)19)8(4-6)14-11(12)13;/h3-4,15-16H,5H2,1-2H3,(H4,12,13,14);1H. The van der Waals surface area contributed by atoms with Crippen LogP contribution in [0, 0.1) is 0 Å². The maximum Gasteiger partial charge on any atom is 0.337 e. The number of nitrogens with two attached hydrogens (primary N) is 2. The predicted molar refractivity (Wildman–Crippen MR) is 84.9 cm³/mol. The molecule has 0 aliphatic rings. The Bertz CT molecular complexity index is 686. The van der Waals surface area contributed by atoms with E-state index in [-0.39, 0.29) is 40.9 Å². The molecular weight excluding hydrogens is 336 g/mol. The number of methoxy groups -OCH3 is 1. The summed E-state index contributed by atoms with van der Waals surface area (Å²) in [5.74, 6) is -1.01. The minimum atomic E-state index is -3.63. The lowest BCUT2D eigenvalue weighted by Gasteiger charge is -2.14. The molecule has 0 aromatic heterocycles. The summed E-state index contributed by atoms with van der Waals surface area (Å²) >= 11 is 0. The molecule has 0 unspecified atom stereocenters. The van der Waals surface area contributed by atoms with E-state index in [1.807, 2.05) is 0 Å². The Morgan fingerprint density at radius 3 is 2.41 bits per heavy atom. The number of benzene rings is 1. The van der Waals surface area contributed by atoms with Gasteiger partial charge < -0.3 is 21.3 Å². The molecule has 0 heterocycles. The molecule has 9 nitrogen and oxygen atoms in total. The first kappa shape index (κ1) is 20.0. The normalized spacial score (nSPS) is 10.3. The molecule has 6 N–H and O–H groups in total. The van der Waals surface area contributed by atoms with Gasteiger partial charge in [0.15, 0.2) is 5.96 Å². The predicted octanol–water partition coefficient (Wildman–Crippen LogP) is -0.336. The second-order valence-electron chi connectivity index (χ2n) is 4.09. The Morgan fingerprint density at radius 2 is 2.00 bits per heavy atom. The molecule has 1 rings (SSSR count). The van der Waals surface area contributed by atoms with E-state index in [0.29, 0.717) is 0 Å². The van der Waals surface area contributed by atoms with Crippen LogP contribution in [-0.2, 0) is 21.4 Å². The number of sulfonamides is 1. The van der Waals surface area contributed by atoms with E-state index in [4.69, 9.17) is 11.5 Å². The lowest BCUT2D eigenvalue weighted by molar-refractivity contribution is 0.0600. The highest BCUT2D eigenvalue weighted by Crippen LogP contribution is 2.32. The van der Waals surface area contributed by atoms with Crippen LogP contribution in [0.15, 0.2) is 17.1 Å². The molecule has 1 aromatic rings. The highest BCUT2D eigenvalue weighted by Gasteiger charge is 2.17.